The Hall–Kier alpha value is -1.59. The second kappa shape index (κ2) is 7.11. The SMILES string of the molecule is CCOC(=O)c1[nH]c(CCl)c(C(=O)c2ccc(Br)cc2)c1C. The number of esters is 1. The monoisotopic (exact) mass is 383 g/mol. The van der Waals surface area contributed by atoms with E-state index in [0.717, 1.165) is 4.47 Å². The van der Waals surface area contributed by atoms with Crippen LogP contribution < -0.4 is 0 Å². The molecular weight excluding hydrogens is 370 g/mol. The molecule has 1 N–H and O–H groups in total. The summed E-state index contributed by atoms with van der Waals surface area (Å²) in [6, 6.07) is 7.03. The maximum Gasteiger partial charge on any atom is 0.355 e. The third kappa shape index (κ3) is 3.25. The van der Waals surface area contributed by atoms with Crippen LogP contribution in [0, 0.1) is 6.92 Å². The number of carbonyl (C=O) groups is 2. The molecule has 4 nitrogen and oxygen atoms in total. The lowest BCUT2D eigenvalue weighted by molar-refractivity contribution is 0.0519. The minimum Gasteiger partial charge on any atom is -0.461 e. The number of carbonyl (C=O) groups excluding carboxylic acids is 2. The number of benzene rings is 1. The van der Waals surface area contributed by atoms with Gasteiger partial charge in [0.15, 0.2) is 5.78 Å². The molecule has 2 rings (SSSR count). The molecular formula is C16H15BrClNO3. The van der Waals surface area contributed by atoms with Crippen LogP contribution >= 0.6 is 27.5 Å². The van der Waals surface area contributed by atoms with Crippen LogP contribution in [0.3, 0.4) is 0 Å². The number of hydrogen-bond acceptors (Lipinski definition) is 3. The fraction of sp³-hybridized carbons (Fsp3) is 0.250. The average molecular weight is 385 g/mol. The number of hydrogen-bond donors (Lipinski definition) is 1. The van der Waals surface area contributed by atoms with Crippen molar-refractivity contribution in [3.63, 3.8) is 0 Å². The smallest absolute Gasteiger partial charge is 0.355 e. The number of H-pyrrole nitrogens is 1. The molecule has 0 saturated heterocycles. The predicted octanol–water partition coefficient (Wildman–Crippen LogP) is 4.23. The fourth-order valence-electron chi connectivity index (χ4n) is 2.22. The number of alkyl halides is 1. The van der Waals surface area contributed by atoms with Gasteiger partial charge in [-0.1, -0.05) is 15.9 Å². The van der Waals surface area contributed by atoms with E-state index in [2.05, 4.69) is 20.9 Å². The number of rotatable bonds is 5. The molecule has 0 aliphatic carbocycles. The molecule has 0 unspecified atom stereocenters. The number of halogens is 2. The molecule has 0 aliphatic rings. The van der Waals surface area contributed by atoms with E-state index in [9.17, 15) is 9.59 Å². The normalized spacial score (nSPS) is 10.5. The van der Waals surface area contributed by atoms with E-state index in [1.807, 2.05) is 0 Å². The highest BCUT2D eigenvalue weighted by Gasteiger charge is 2.24. The minimum atomic E-state index is -0.485. The van der Waals surface area contributed by atoms with E-state index in [-0.39, 0.29) is 24.0 Å². The number of aromatic amines is 1. The molecule has 6 heteroatoms. The molecule has 0 saturated carbocycles. The molecule has 22 heavy (non-hydrogen) atoms. The zero-order valence-corrected chi connectivity index (χ0v) is 14.5. The Balaban J connectivity index is 2.47. The highest BCUT2D eigenvalue weighted by atomic mass is 79.9. The van der Waals surface area contributed by atoms with Crippen molar-refractivity contribution in [2.24, 2.45) is 0 Å². The Morgan fingerprint density at radius 3 is 2.45 bits per heavy atom. The zero-order valence-electron chi connectivity index (χ0n) is 12.2. The minimum absolute atomic E-state index is 0.109. The lowest BCUT2D eigenvalue weighted by atomic mass is 10.00. The third-order valence-corrected chi connectivity index (χ3v) is 4.07. The Morgan fingerprint density at radius 2 is 1.91 bits per heavy atom. The van der Waals surface area contributed by atoms with Crippen molar-refractivity contribution in [3.8, 4) is 0 Å². The van der Waals surface area contributed by atoms with Crippen LogP contribution in [0.1, 0.15) is 44.6 Å². The Labute approximate surface area is 141 Å². The first-order valence-corrected chi connectivity index (χ1v) is 8.07. The quantitative estimate of drug-likeness (QED) is 0.477. The Kier molecular flexibility index (Phi) is 5.42. The summed E-state index contributed by atoms with van der Waals surface area (Å²) in [5.74, 6) is -0.550. The summed E-state index contributed by atoms with van der Waals surface area (Å²) >= 11 is 9.25. The van der Waals surface area contributed by atoms with E-state index in [0.29, 0.717) is 22.4 Å². The standard InChI is InChI=1S/C16H15BrClNO3/c1-3-22-16(21)14-9(2)13(12(8-18)19-14)15(20)10-4-6-11(17)7-5-10/h4-7,19H,3,8H2,1-2H3. The molecule has 1 aromatic carbocycles. The lowest BCUT2D eigenvalue weighted by Crippen LogP contribution is -2.08. The summed E-state index contributed by atoms with van der Waals surface area (Å²) in [5, 5.41) is 0. The van der Waals surface area contributed by atoms with Gasteiger partial charge in [0.1, 0.15) is 5.69 Å². The van der Waals surface area contributed by atoms with Crippen molar-refractivity contribution in [1.29, 1.82) is 0 Å². The maximum absolute atomic E-state index is 12.7. The van der Waals surface area contributed by atoms with E-state index in [1.54, 1.807) is 38.1 Å². The van der Waals surface area contributed by atoms with Gasteiger partial charge in [-0.05, 0) is 43.7 Å². The third-order valence-electron chi connectivity index (χ3n) is 3.27. The highest BCUT2D eigenvalue weighted by Crippen LogP contribution is 2.24. The number of aromatic nitrogens is 1. The topological polar surface area (TPSA) is 59.2 Å². The zero-order chi connectivity index (χ0) is 16.3. The van der Waals surface area contributed by atoms with Gasteiger partial charge < -0.3 is 9.72 Å². The largest absolute Gasteiger partial charge is 0.461 e. The molecule has 0 radical (unpaired) electrons. The molecule has 0 amide bonds. The summed E-state index contributed by atoms with van der Waals surface area (Å²) in [7, 11) is 0. The van der Waals surface area contributed by atoms with Gasteiger partial charge >= 0.3 is 5.97 Å². The second-order valence-electron chi connectivity index (χ2n) is 4.67. The number of nitrogens with one attached hydrogen (secondary N) is 1. The summed E-state index contributed by atoms with van der Waals surface area (Å²) < 4.78 is 5.88. The summed E-state index contributed by atoms with van der Waals surface area (Å²) in [5.41, 5.74) is 2.32. The van der Waals surface area contributed by atoms with Crippen LogP contribution in [-0.4, -0.2) is 23.3 Å². The first-order chi connectivity index (χ1) is 10.5. The van der Waals surface area contributed by atoms with E-state index < -0.39 is 5.97 Å². The lowest BCUT2D eigenvalue weighted by Gasteiger charge is -2.04. The van der Waals surface area contributed by atoms with Gasteiger partial charge in [0.25, 0.3) is 0 Å². The van der Waals surface area contributed by atoms with Crippen molar-refractivity contribution in [3.05, 3.63) is 56.8 Å². The summed E-state index contributed by atoms with van der Waals surface area (Å²) in [6.07, 6.45) is 0. The van der Waals surface area contributed by atoms with Gasteiger partial charge in [0.05, 0.1) is 12.5 Å². The molecule has 116 valence electrons. The molecule has 0 fully saturated rings. The van der Waals surface area contributed by atoms with Crippen LogP contribution in [0.2, 0.25) is 0 Å². The molecule has 2 aromatic rings. The van der Waals surface area contributed by atoms with Gasteiger partial charge in [-0.2, -0.15) is 0 Å². The number of ether oxygens (including phenoxy) is 1. The van der Waals surface area contributed by atoms with Crippen LogP contribution in [0.4, 0.5) is 0 Å². The Bertz CT molecular complexity index is 707. The average Bonchev–Trinajstić information content (AvgIpc) is 2.84. The maximum atomic E-state index is 12.7. The van der Waals surface area contributed by atoms with Gasteiger partial charge in [0.2, 0.25) is 0 Å². The van der Waals surface area contributed by atoms with Gasteiger partial charge in [-0.25, -0.2) is 4.79 Å². The molecule has 0 aliphatic heterocycles. The first-order valence-electron chi connectivity index (χ1n) is 6.74. The van der Waals surface area contributed by atoms with E-state index >= 15 is 0 Å². The number of ketones is 1. The second-order valence-corrected chi connectivity index (χ2v) is 5.85. The highest BCUT2D eigenvalue weighted by molar-refractivity contribution is 9.10. The van der Waals surface area contributed by atoms with Crippen LogP contribution in [0.25, 0.3) is 0 Å². The molecule has 0 spiro atoms. The van der Waals surface area contributed by atoms with E-state index in [1.165, 1.54) is 0 Å². The van der Waals surface area contributed by atoms with Crippen LogP contribution in [-0.2, 0) is 10.6 Å². The van der Waals surface area contributed by atoms with Crippen LogP contribution in [0.15, 0.2) is 28.7 Å². The molecule has 0 bridgehead atoms. The molecule has 1 aromatic heterocycles. The van der Waals surface area contributed by atoms with Crippen molar-refractivity contribution in [2.75, 3.05) is 6.61 Å². The fourth-order valence-corrected chi connectivity index (χ4v) is 2.68. The van der Waals surface area contributed by atoms with E-state index in [4.69, 9.17) is 16.3 Å². The summed E-state index contributed by atoms with van der Waals surface area (Å²) in [4.78, 5) is 27.6. The first kappa shape index (κ1) is 16.8. The van der Waals surface area contributed by atoms with Crippen LogP contribution in [0.5, 0.6) is 0 Å². The molecule has 1 heterocycles. The summed E-state index contributed by atoms with van der Waals surface area (Å²) in [6.45, 7) is 3.71. The van der Waals surface area contributed by atoms with Gasteiger partial charge in [-0.15, -0.1) is 11.6 Å². The molecule has 0 atom stereocenters. The Morgan fingerprint density at radius 1 is 1.27 bits per heavy atom. The predicted molar refractivity (Wildman–Crippen MR) is 88.6 cm³/mol. The van der Waals surface area contributed by atoms with Gasteiger partial charge in [-0.3, -0.25) is 4.79 Å². The van der Waals surface area contributed by atoms with Crippen molar-refractivity contribution in [1.82, 2.24) is 4.98 Å². The van der Waals surface area contributed by atoms with Crippen molar-refractivity contribution >= 4 is 39.3 Å². The van der Waals surface area contributed by atoms with Gasteiger partial charge in [0, 0.05) is 21.3 Å². The van der Waals surface area contributed by atoms with Crippen molar-refractivity contribution < 1.29 is 14.3 Å². The van der Waals surface area contributed by atoms with Crippen molar-refractivity contribution in [2.45, 2.75) is 19.7 Å².